The average molecular weight is 584 g/mol. The van der Waals surface area contributed by atoms with E-state index in [2.05, 4.69) is 9.50 Å². The van der Waals surface area contributed by atoms with Crippen LogP contribution in [0.15, 0.2) is 34.7 Å². The van der Waals surface area contributed by atoms with Gasteiger partial charge in [0.25, 0.3) is 0 Å². The molecule has 218 valence electrons. The Bertz CT molecular complexity index is 1440. The van der Waals surface area contributed by atoms with Crippen LogP contribution in [0.3, 0.4) is 0 Å². The molecule has 0 radical (unpaired) electrons. The van der Waals surface area contributed by atoms with Crippen molar-refractivity contribution in [3.05, 3.63) is 52.7 Å². The Hall–Kier alpha value is -4.13. The Labute approximate surface area is 242 Å². The van der Waals surface area contributed by atoms with Gasteiger partial charge in [0.2, 0.25) is 0 Å². The van der Waals surface area contributed by atoms with E-state index in [0.717, 1.165) is 22.4 Å². The van der Waals surface area contributed by atoms with Gasteiger partial charge in [0.15, 0.2) is 5.84 Å². The number of carboxylic acid groups (broad SMARTS) is 1. The number of amides is 2. The van der Waals surface area contributed by atoms with Gasteiger partial charge in [0.1, 0.15) is 22.6 Å². The van der Waals surface area contributed by atoms with E-state index in [1.54, 1.807) is 54.7 Å². The highest BCUT2D eigenvalue weighted by molar-refractivity contribution is 7.97. The molecule has 2 amide bonds. The lowest BCUT2D eigenvalue weighted by atomic mass is 10.1. The van der Waals surface area contributed by atoms with E-state index in [0.29, 0.717) is 28.1 Å². The molecule has 0 aromatic heterocycles. The minimum Gasteiger partial charge on any atom is -0.497 e. The van der Waals surface area contributed by atoms with Crippen LogP contribution in [-0.2, 0) is 33.0 Å². The zero-order valence-corrected chi connectivity index (χ0v) is 24.9. The lowest BCUT2D eigenvalue weighted by Crippen LogP contribution is -2.47. The maximum Gasteiger partial charge on any atom is 0.425 e. The van der Waals surface area contributed by atoms with Crippen LogP contribution in [0.2, 0.25) is 0 Å². The first-order valence-corrected chi connectivity index (χ1v) is 13.8. The van der Waals surface area contributed by atoms with Crippen molar-refractivity contribution in [3.8, 4) is 17.0 Å². The molecule has 13 heteroatoms. The van der Waals surface area contributed by atoms with Gasteiger partial charge in [-0.25, -0.2) is 9.59 Å². The van der Waals surface area contributed by atoms with Crippen LogP contribution in [0.4, 0.5) is 9.59 Å². The highest BCUT2D eigenvalue weighted by atomic mass is 32.2. The summed E-state index contributed by atoms with van der Waals surface area (Å²) in [6, 6.07) is 9.05. The monoisotopic (exact) mass is 583 g/mol. The predicted octanol–water partition coefficient (Wildman–Crippen LogP) is 5.15. The van der Waals surface area contributed by atoms with Crippen LogP contribution < -0.4 is 4.74 Å². The molecule has 1 aromatic carbocycles. The summed E-state index contributed by atoms with van der Waals surface area (Å²) in [6.45, 7) is 10.3. The summed E-state index contributed by atoms with van der Waals surface area (Å²) in [5.74, 6) is -0.125. The molecular formula is C28H33N5O7S. The summed E-state index contributed by atoms with van der Waals surface area (Å²) in [5, 5.41) is 18.9. The first kappa shape index (κ1) is 29.8. The number of carboxylic acids is 1. The number of hydrogen-bond donors (Lipinski definition) is 1. The molecule has 2 heterocycles. The second kappa shape index (κ2) is 11.4. The minimum absolute atomic E-state index is 0.0967. The SMILES string of the molecule is COc1ccc(Cn2nc3cc(CC(=O)O)c4c-3c(n2)C(N(C(=O)OC(C)(C)C)C(=O)OC(C)(C)C)=NSC4)cc1. The molecule has 0 saturated heterocycles. The molecule has 0 unspecified atom stereocenters. The van der Waals surface area contributed by atoms with Crippen LogP contribution in [0.25, 0.3) is 11.3 Å². The van der Waals surface area contributed by atoms with Crippen molar-refractivity contribution in [2.24, 2.45) is 4.40 Å². The number of carbonyl (C=O) groups is 3. The Balaban J connectivity index is 1.90. The fourth-order valence-corrected chi connectivity index (χ4v) is 4.93. The van der Waals surface area contributed by atoms with Gasteiger partial charge in [0.05, 0.1) is 25.8 Å². The van der Waals surface area contributed by atoms with Crippen molar-refractivity contribution in [1.29, 1.82) is 0 Å². The number of amidine groups is 1. The number of benzene rings is 1. The molecule has 3 aliphatic rings. The maximum absolute atomic E-state index is 13.5. The number of rotatable bonds is 5. The molecule has 0 atom stereocenters. The largest absolute Gasteiger partial charge is 0.497 e. The van der Waals surface area contributed by atoms with Gasteiger partial charge in [-0.1, -0.05) is 12.1 Å². The maximum atomic E-state index is 13.5. The fraction of sp³-hybridized carbons (Fsp3) is 0.429. The Kier molecular flexibility index (Phi) is 8.29. The molecular weight excluding hydrogens is 550 g/mol. The summed E-state index contributed by atoms with van der Waals surface area (Å²) in [4.78, 5) is 40.8. The molecule has 41 heavy (non-hydrogen) atoms. The standard InChI is InChI=1S/C28H33N5O7S/c1-27(2,3)39-25(36)33(26(37)40-28(4,5)6)24-23-22-19(15-41-31-24)17(13-21(34)35)12-20(22)29-32(30-23)14-16-8-10-18(38-7)11-9-16/h8-12H,13-15H2,1-7H3,(H,34,35). The van der Waals surface area contributed by atoms with E-state index in [1.807, 2.05) is 24.3 Å². The van der Waals surface area contributed by atoms with Gasteiger partial charge in [-0.15, -0.1) is 0 Å². The van der Waals surface area contributed by atoms with E-state index in [9.17, 15) is 19.5 Å². The molecule has 4 rings (SSSR count). The summed E-state index contributed by atoms with van der Waals surface area (Å²) in [5.41, 5.74) is 1.37. The third-order valence-electron chi connectivity index (χ3n) is 5.69. The summed E-state index contributed by atoms with van der Waals surface area (Å²) in [7, 11) is 1.58. The number of hydrogen-bond acceptors (Lipinski definition) is 10. The summed E-state index contributed by atoms with van der Waals surface area (Å²) in [6.07, 6.45) is -2.21. The minimum atomic E-state index is -1.00. The molecule has 0 saturated carbocycles. The Morgan fingerprint density at radius 3 is 2.15 bits per heavy atom. The van der Waals surface area contributed by atoms with Crippen LogP contribution in [0.1, 0.15) is 63.9 Å². The first-order valence-electron chi connectivity index (χ1n) is 12.9. The van der Waals surface area contributed by atoms with Crippen LogP contribution >= 0.6 is 11.9 Å². The van der Waals surface area contributed by atoms with Gasteiger partial charge in [-0.3, -0.25) is 4.79 Å². The van der Waals surface area contributed by atoms with Crippen molar-refractivity contribution in [1.82, 2.24) is 19.9 Å². The molecule has 0 fully saturated rings. The quantitative estimate of drug-likeness (QED) is 0.400. The first-order chi connectivity index (χ1) is 19.1. The van der Waals surface area contributed by atoms with Crippen molar-refractivity contribution < 1.29 is 33.7 Å². The number of methoxy groups -OCH3 is 1. The van der Waals surface area contributed by atoms with Gasteiger partial charge in [0, 0.05) is 11.3 Å². The average Bonchev–Trinajstić information content (AvgIpc) is 3.05. The molecule has 1 aliphatic carbocycles. The third kappa shape index (κ3) is 7.15. The molecule has 0 bridgehead atoms. The van der Waals surface area contributed by atoms with Crippen molar-refractivity contribution in [2.75, 3.05) is 7.11 Å². The van der Waals surface area contributed by atoms with E-state index in [4.69, 9.17) is 19.3 Å². The Morgan fingerprint density at radius 2 is 1.61 bits per heavy atom. The number of imide groups is 1. The smallest absolute Gasteiger partial charge is 0.425 e. The number of aromatic nitrogens is 3. The second-order valence-corrected chi connectivity index (χ2v) is 12.1. The number of carbonyl (C=O) groups excluding carboxylic acids is 2. The summed E-state index contributed by atoms with van der Waals surface area (Å²) >= 11 is 1.06. The van der Waals surface area contributed by atoms with E-state index >= 15 is 0 Å². The number of aliphatic carboxylic acids is 1. The van der Waals surface area contributed by atoms with Crippen molar-refractivity contribution >= 4 is 35.9 Å². The molecule has 2 aliphatic heterocycles. The lowest BCUT2D eigenvalue weighted by Gasteiger charge is -2.29. The van der Waals surface area contributed by atoms with Gasteiger partial charge in [-0.2, -0.15) is 24.3 Å². The van der Waals surface area contributed by atoms with Crippen molar-refractivity contribution in [3.63, 3.8) is 0 Å². The summed E-state index contributed by atoms with van der Waals surface area (Å²) < 4.78 is 20.9. The number of nitrogens with zero attached hydrogens (tertiary/aromatic N) is 5. The number of ether oxygens (including phenoxy) is 3. The predicted molar refractivity (Wildman–Crippen MR) is 152 cm³/mol. The fourth-order valence-electron chi connectivity index (χ4n) is 4.11. The molecule has 0 spiro atoms. The van der Waals surface area contributed by atoms with Gasteiger partial charge >= 0.3 is 18.2 Å². The van der Waals surface area contributed by atoms with Crippen LogP contribution in [0.5, 0.6) is 5.75 Å². The molecule has 1 N–H and O–H groups in total. The molecule has 12 nitrogen and oxygen atoms in total. The van der Waals surface area contributed by atoms with E-state index < -0.39 is 29.4 Å². The van der Waals surface area contributed by atoms with Crippen LogP contribution in [-0.4, -0.2) is 67.3 Å². The zero-order valence-electron chi connectivity index (χ0n) is 24.0. The third-order valence-corrected chi connectivity index (χ3v) is 6.41. The molecule has 1 aromatic rings. The van der Waals surface area contributed by atoms with Crippen molar-refractivity contribution in [2.45, 2.75) is 71.5 Å². The second-order valence-electron chi connectivity index (χ2n) is 11.4. The van der Waals surface area contributed by atoms with Gasteiger partial charge in [-0.05, 0) is 88.4 Å². The Morgan fingerprint density at radius 1 is 1.00 bits per heavy atom. The highest BCUT2D eigenvalue weighted by Gasteiger charge is 2.40. The van der Waals surface area contributed by atoms with Gasteiger partial charge < -0.3 is 19.3 Å². The zero-order chi connectivity index (χ0) is 30.1. The van der Waals surface area contributed by atoms with Crippen LogP contribution in [0, 0.1) is 0 Å². The highest BCUT2D eigenvalue weighted by Crippen LogP contribution is 2.39. The van der Waals surface area contributed by atoms with E-state index in [-0.39, 0.29) is 30.2 Å². The normalized spacial score (nSPS) is 13.3. The van der Waals surface area contributed by atoms with E-state index in [1.165, 1.54) is 4.80 Å². The lowest BCUT2D eigenvalue weighted by molar-refractivity contribution is -0.136. The topological polar surface area (TPSA) is 145 Å².